The third-order valence-corrected chi connectivity index (χ3v) is 8.51. The number of hydrogen-bond donors (Lipinski definition) is 2. The number of benzene rings is 2. The number of piperidine rings is 1. The van der Waals surface area contributed by atoms with E-state index in [0.29, 0.717) is 22.2 Å². The van der Waals surface area contributed by atoms with Crippen LogP contribution in [0, 0.1) is 17.2 Å². The van der Waals surface area contributed by atoms with E-state index in [9.17, 15) is 33.1 Å². The predicted octanol–water partition coefficient (Wildman–Crippen LogP) is 2.36. The summed E-state index contributed by atoms with van der Waals surface area (Å²) in [4.78, 5) is 36.4. The van der Waals surface area contributed by atoms with Gasteiger partial charge in [0.05, 0.1) is 50.0 Å². The van der Waals surface area contributed by atoms with Gasteiger partial charge in [0, 0.05) is 42.9 Å². The molecule has 1 atom stereocenters. The van der Waals surface area contributed by atoms with Crippen molar-refractivity contribution in [3.63, 3.8) is 0 Å². The first-order chi connectivity index (χ1) is 21.8. The number of ether oxygens (including phenoxy) is 1. The van der Waals surface area contributed by atoms with Crippen LogP contribution < -0.4 is 15.7 Å². The van der Waals surface area contributed by atoms with E-state index in [1.807, 2.05) is 0 Å². The number of carbonyl (C=O) groups is 2. The summed E-state index contributed by atoms with van der Waals surface area (Å²) in [5, 5.41) is 34.1. The molecule has 0 saturated carbocycles. The van der Waals surface area contributed by atoms with Crippen LogP contribution in [-0.2, 0) is 27.0 Å². The monoisotopic (exact) mass is 642 g/mol. The number of aliphatic hydroxyl groups excluding tert-OH is 1. The summed E-state index contributed by atoms with van der Waals surface area (Å²) in [5.41, 5.74) is 0.455. The molecule has 3 heterocycles. The highest BCUT2D eigenvalue weighted by Crippen LogP contribution is 2.44. The Morgan fingerprint density at radius 3 is 2.52 bits per heavy atom. The van der Waals surface area contributed by atoms with Crippen LogP contribution in [0.1, 0.15) is 48.1 Å². The Bertz CT molecular complexity index is 1730. The van der Waals surface area contributed by atoms with E-state index < -0.39 is 35.9 Å². The molecule has 0 radical (unpaired) electrons. The number of carboxylic acid groups (broad SMARTS) is 1. The topological polar surface area (TPSA) is 164 Å². The molecule has 5 rings (SSSR count). The molecule has 3 aromatic rings. The number of halogens is 3. The Kier molecular flexibility index (Phi) is 10.0. The normalized spacial score (nSPS) is 21.0. The summed E-state index contributed by atoms with van der Waals surface area (Å²) in [6.07, 6.45) is -2.97. The zero-order chi connectivity index (χ0) is 33.8. The van der Waals surface area contributed by atoms with Crippen molar-refractivity contribution in [2.45, 2.75) is 38.5 Å². The fraction of sp³-hybridized carbons (Fsp3) is 0.387. The zero-order valence-corrected chi connectivity index (χ0v) is 25.4. The van der Waals surface area contributed by atoms with Crippen LogP contribution in [0.25, 0.3) is 0 Å². The van der Waals surface area contributed by atoms with Gasteiger partial charge < -0.3 is 24.2 Å². The lowest BCUT2D eigenvalue weighted by Gasteiger charge is -2.41. The molecule has 46 heavy (non-hydrogen) atoms. The smallest absolute Gasteiger partial charge is 0.416 e. The van der Waals surface area contributed by atoms with E-state index >= 15 is 0 Å². The number of alkyl halides is 3. The van der Waals surface area contributed by atoms with Crippen molar-refractivity contribution < 1.29 is 42.2 Å². The van der Waals surface area contributed by atoms with Crippen LogP contribution in [0.5, 0.6) is 0 Å². The van der Waals surface area contributed by atoms with Gasteiger partial charge in [-0.1, -0.05) is 12.1 Å². The highest BCUT2D eigenvalue weighted by atomic mass is 19.4. The molecule has 0 unspecified atom stereocenters. The summed E-state index contributed by atoms with van der Waals surface area (Å²) in [5.74, 6) is -0.545. The fourth-order valence-corrected chi connectivity index (χ4v) is 6.15. The molecular weight excluding hydrogens is 609 g/mol. The number of H-pyrrole nitrogens is 1. The Balaban J connectivity index is 0.00000154. The van der Waals surface area contributed by atoms with Gasteiger partial charge in [-0.05, 0) is 48.7 Å². The van der Waals surface area contributed by atoms with Crippen LogP contribution in [0.3, 0.4) is 0 Å². The molecule has 0 aliphatic carbocycles. The average Bonchev–Trinajstić information content (AvgIpc) is 3.41. The first kappa shape index (κ1) is 33.9. The van der Waals surface area contributed by atoms with E-state index in [-0.39, 0.29) is 35.4 Å². The molecule has 12 nitrogen and oxygen atoms in total. The number of nitrogens with one attached hydrogen (secondary N) is 1. The standard InChI is InChI=1S/C30H31F3N6O4.CH2O2/c1-18-25(27(41)43-3)26(24-8-7-20(15-34)13-21(24)16-39(2)11-9-19(17-40)10-12-39)38-28(35-36-29(38)42)37(18)23-6-4-5-22(14-23)30(31,32)33;2-1-3/h4-8,13-14,19,26,40H,9-12,16-17H2,1-3H3;1H,(H,2,3)/t19?,26-,39?;/m1./s1. The van der Waals surface area contributed by atoms with Gasteiger partial charge in [0.2, 0.25) is 5.95 Å². The summed E-state index contributed by atoms with van der Waals surface area (Å²) in [7, 11) is 3.28. The molecule has 2 aromatic carbocycles. The minimum absolute atomic E-state index is 0.000979. The van der Waals surface area contributed by atoms with E-state index in [1.165, 1.54) is 28.7 Å². The van der Waals surface area contributed by atoms with Crippen molar-refractivity contribution >= 4 is 24.1 Å². The second-order valence-corrected chi connectivity index (χ2v) is 11.4. The Hall–Kier alpha value is -4.94. The number of aromatic amines is 1. The molecule has 15 heteroatoms. The number of fused-ring (bicyclic) bond motifs is 1. The average molecular weight is 643 g/mol. The molecule has 2 aliphatic heterocycles. The third-order valence-electron chi connectivity index (χ3n) is 8.51. The minimum Gasteiger partial charge on any atom is -0.554 e. The van der Waals surface area contributed by atoms with Crippen molar-refractivity contribution in [1.82, 2.24) is 14.8 Å². The van der Waals surface area contributed by atoms with Gasteiger partial charge in [-0.15, -0.1) is 5.10 Å². The van der Waals surface area contributed by atoms with E-state index in [0.717, 1.165) is 43.6 Å². The van der Waals surface area contributed by atoms with Gasteiger partial charge in [0.1, 0.15) is 12.6 Å². The number of carbonyl (C=O) groups excluding carboxylic acids is 2. The van der Waals surface area contributed by atoms with Gasteiger partial charge in [-0.3, -0.25) is 4.90 Å². The molecule has 0 bridgehead atoms. The molecule has 1 aromatic heterocycles. The summed E-state index contributed by atoms with van der Waals surface area (Å²) in [6.45, 7) is 3.24. The lowest BCUT2D eigenvalue weighted by molar-refractivity contribution is -0.928. The number of nitrogens with zero attached hydrogens (tertiary/aromatic N) is 5. The molecule has 1 saturated heterocycles. The Morgan fingerprint density at radius 2 is 1.93 bits per heavy atom. The summed E-state index contributed by atoms with van der Waals surface area (Å²) < 4.78 is 47.9. The van der Waals surface area contributed by atoms with Gasteiger partial charge in [-0.2, -0.15) is 18.4 Å². The summed E-state index contributed by atoms with van der Waals surface area (Å²) >= 11 is 0. The largest absolute Gasteiger partial charge is 0.554 e. The van der Waals surface area contributed by atoms with Crippen molar-refractivity contribution in [1.29, 1.82) is 5.26 Å². The minimum atomic E-state index is -4.62. The number of quaternary nitrogens is 1. The third kappa shape index (κ3) is 6.68. The van der Waals surface area contributed by atoms with Gasteiger partial charge in [0.25, 0.3) is 0 Å². The zero-order valence-electron chi connectivity index (χ0n) is 25.4. The number of hydrogen-bond acceptors (Lipinski definition) is 9. The second kappa shape index (κ2) is 13.6. The van der Waals surface area contributed by atoms with Crippen LogP contribution in [0.15, 0.2) is 58.5 Å². The van der Waals surface area contributed by atoms with Crippen LogP contribution >= 0.6 is 0 Å². The molecule has 0 spiro atoms. The van der Waals surface area contributed by atoms with Gasteiger partial charge >= 0.3 is 17.8 Å². The van der Waals surface area contributed by atoms with E-state index in [4.69, 9.17) is 14.6 Å². The number of nitriles is 1. The number of anilines is 2. The van der Waals surface area contributed by atoms with Crippen molar-refractivity contribution in [2.24, 2.45) is 5.92 Å². The first-order valence-electron chi connectivity index (χ1n) is 14.3. The SMILES string of the molecule is COC(=O)C1=C(C)N(c2cccc(C(F)(F)F)c2)c2n[nH]c(=O)n2[C@@H]1c1ccc(C#N)cc1C[N+]1(C)CCC(CO)CC1.O=C[O-]. The molecule has 0 amide bonds. The summed E-state index contributed by atoms with van der Waals surface area (Å²) in [6, 6.07) is 10.7. The highest BCUT2D eigenvalue weighted by Gasteiger charge is 2.42. The number of allylic oxidation sites excluding steroid dienone is 1. The highest BCUT2D eigenvalue weighted by molar-refractivity contribution is 5.93. The fourth-order valence-electron chi connectivity index (χ4n) is 6.15. The van der Waals surface area contributed by atoms with Crippen LogP contribution in [0.2, 0.25) is 0 Å². The Morgan fingerprint density at radius 1 is 1.26 bits per heavy atom. The number of methoxy groups -OCH3 is 1. The quantitative estimate of drug-likeness (QED) is 0.233. The first-order valence-corrected chi connectivity index (χ1v) is 14.3. The van der Waals surface area contributed by atoms with E-state index in [2.05, 4.69) is 23.3 Å². The molecule has 2 aliphatic rings. The lowest BCUT2D eigenvalue weighted by Crippen LogP contribution is -2.49. The number of aliphatic hydroxyl groups is 1. The lowest BCUT2D eigenvalue weighted by atomic mass is 9.88. The van der Waals surface area contributed by atoms with E-state index in [1.54, 1.807) is 25.1 Å². The predicted molar refractivity (Wildman–Crippen MR) is 156 cm³/mol. The number of esters is 1. The number of rotatable bonds is 6. The maximum absolute atomic E-state index is 13.6. The van der Waals surface area contributed by atoms with Crippen LogP contribution in [0.4, 0.5) is 24.8 Å². The van der Waals surface area contributed by atoms with Crippen molar-refractivity contribution in [3.05, 3.63) is 86.5 Å². The molecular formula is C31H33F3N6O6. The maximum Gasteiger partial charge on any atom is 0.416 e. The van der Waals surface area contributed by atoms with Crippen molar-refractivity contribution in [3.8, 4) is 6.07 Å². The number of aromatic nitrogens is 3. The van der Waals surface area contributed by atoms with Gasteiger partial charge in [-0.25, -0.2) is 19.3 Å². The van der Waals surface area contributed by atoms with Crippen LogP contribution in [-0.4, -0.2) is 70.6 Å². The number of likely N-dealkylation sites (tertiary alicyclic amines) is 1. The Labute approximate surface area is 262 Å². The molecule has 244 valence electrons. The van der Waals surface area contributed by atoms with Crippen molar-refractivity contribution in [2.75, 3.05) is 38.8 Å². The maximum atomic E-state index is 13.6. The molecule has 1 fully saturated rings. The second-order valence-electron chi connectivity index (χ2n) is 11.4. The molecule has 2 N–H and O–H groups in total. The van der Waals surface area contributed by atoms with Gasteiger partial charge in [0.15, 0.2) is 0 Å².